The molecule has 1 amide bonds. The van der Waals surface area contributed by atoms with Gasteiger partial charge in [0.25, 0.3) is 0 Å². The Morgan fingerprint density at radius 2 is 2.00 bits per heavy atom. The summed E-state index contributed by atoms with van der Waals surface area (Å²) in [5.74, 6) is 2.30. The number of hydrogen-bond donors (Lipinski definition) is 1. The minimum atomic E-state index is -0.0200. The molecule has 1 aliphatic carbocycles. The van der Waals surface area contributed by atoms with Crippen LogP contribution in [0.5, 0.6) is 5.88 Å². The molecule has 148 valence electrons. The van der Waals surface area contributed by atoms with Gasteiger partial charge >= 0.3 is 0 Å². The minimum absolute atomic E-state index is 0.0123. The summed E-state index contributed by atoms with van der Waals surface area (Å²) in [5, 5.41) is 3.41. The predicted molar refractivity (Wildman–Crippen MR) is 109 cm³/mol. The quantitative estimate of drug-likeness (QED) is 0.767. The van der Waals surface area contributed by atoms with Crippen molar-refractivity contribution in [1.29, 1.82) is 0 Å². The van der Waals surface area contributed by atoms with Crippen molar-refractivity contribution in [3.05, 3.63) is 46.7 Å². The second-order valence-electron chi connectivity index (χ2n) is 7.76. The highest BCUT2D eigenvalue weighted by atomic mass is 35.5. The van der Waals surface area contributed by atoms with Crippen LogP contribution in [0.3, 0.4) is 0 Å². The van der Waals surface area contributed by atoms with Crippen LogP contribution in [0.25, 0.3) is 0 Å². The van der Waals surface area contributed by atoms with Gasteiger partial charge in [-0.05, 0) is 36.8 Å². The summed E-state index contributed by atoms with van der Waals surface area (Å²) in [6, 6.07) is 8.46. The van der Waals surface area contributed by atoms with Gasteiger partial charge in [0.2, 0.25) is 11.8 Å². The standard InChI is InChI=1S/C21H25ClN4O2/c1-13(25-14(2)27)16-5-7-17(8-6-16)18-9-26(10-18)20-19(22)21(24-12-23-20)28-11-15-3-4-15/h5-8,12-13,15,18H,3-4,9-11H2,1-2H3,(H,25,27)/t13-/m0/s1. The van der Waals surface area contributed by atoms with Gasteiger partial charge in [0.05, 0.1) is 12.6 Å². The fourth-order valence-electron chi connectivity index (χ4n) is 3.45. The molecule has 1 saturated heterocycles. The lowest BCUT2D eigenvalue weighted by atomic mass is 9.90. The molecule has 6 nitrogen and oxygen atoms in total. The van der Waals surface area contributed by atoms with Crippen molar-refractivity contribution < 1.29 is 9.53 Å². The molecule has 2 heterocycles. The molecule has 0 radical (unpaired) electrons. The van der Waals surface area contributed by atoms with Crippen molar-refractivity contribution in [1.82, 2.24) is 15.3 Å². The van der Waals surface area contributed by atoms with Gasteiger partial charge < -0.3 is 15.0 Å². The van der Waals surface area contributed by atoms with Gasteiger partial charge in [0, 0.05) is 25.9 Å². The maximum atomic E-state index is 11.2. The van der Waals surface area contributed by atoms with Crippen molar-refractivity contribution in [2.45, 2.75) is 38.6 Å². The summed E-state index contributed by atoms with van der Waals surface area (Å²) < 4.78 is 5.75. The van der Waals surface area contributed by atoms with E-state index >= 15 is 0 Å². The molecular formula is C21H25ClN4O2. The molecule has 1 aromatic heterocycles. The zero-order valence-electron chi connectivity index (χ0n) is 16.2. The van der Waals surface area contributed by atoms with E-state index in [1.165, 1.54) is 31.7 Å². The molecule has 1 atom stereocenters. The molecule has 1 N–H and O–H groups in total. The molecule has 2 aliphatic rings. The zero-order valence-corrected chi connectivity index (χ0v) is 16.9. The number of aromatic nitrogens is 2. The monoisotopic (exact) mass is 400 g/mol. The molecule has 7 heteroatoms. The Labute approximate surface area is 170 Å². The Kier molecular flexibility index (Phi) is 5.40. The number of halogens is 1. The smallest absolute Gasteiger partial charge is 0.237 e. The number of anilines is 1. The van der Waals surface area contributed by atoms with Crippen LogP contribution in [-0.2, 0) is 4.79 Å². The number of carbonyl (C=O) groups excluding carboxylic acids is 1. The van der Waals surface area contributed by atoms with E-state index < -0.39 is 0 Å². The lowest BCUT2D eigenvalue weighted by Gasteiger charge is -2.40. The summed E-state index contributed by atoms with van der Waals surface area (Å²) in [6.07, 6.45) is 3.98. The molecule has 1 saturated carbocycles. The van der Waals surface area contributed by atoms with E-state index in [-0.39, 0.29) is 11.9 Å². The third kappa shape index (κ3) is 4.22. The molecule has 1 aromatic carbocycles. The van der Waals surface area contributed by atoms with Gasteiger partial charge in [-0.25, -0.2) is 9.97 Å². The topological polar surface area (TPSA) is 67.4 Å². The number of rotatable bonds is 7. The molecule has 4 rings (SSSR count). The van der Waals surface area contributed by atoms with E-state index in [9.17, 15) is 4.79 Å². The van der Waals surface area contributed by atoms with E-state index in [0.717, 1.165) is 24.5 Å². The number of nitrogens with zero attached hydrogens (tertiary/aromatic N) is 3. The molecule has 0 bridgehead atoms. The SMILES string of the molecule is CC(=O)N[C@@H](C)c1ccc(C2CN(c3ncnc(OCC4CC4)c3Cl)C2)cc1. The lowest BCUT2D eigenvalue weighted by molar-refractivity contribution is -0.119. The largest absolute Gasteiger partial charge is 0.476 e. The highest BCUT2D eigenvalue weighted by Crippen LogP contribution is 2.38. The Bertz CT molecular complexity index is 848. The first-order valence-corrected chi connectivity index (χ1v) is 10.1. The van der Waals surface area contributed by atoms with Crippen LogP contribution in [0.4, 0.5) is 5.82 Å². The molecule has 28 heavy (non-hydrogen) atoms. The number of hydrogen-bond acceptors (Lipinski definition) is 5. The van der Waals surface area contributed by atoms with Crippen LogP contribution in [0.1, 0.15) is 49.8 Å². The first-order valence-electron chi connectivity index (χ1n) is 9.76. The number of ether oxygens (including phenoxy) is 1. The van der Waals surface area contributed by atoms with E-state index in [2.05, 4.69) is 44.5 Å². The van der Waals surface area contributed by atoms with Crippen molar-refractivity contribution in [2.24, 2.45) is 5.92 Å². The predicted octanol–water partition coefficient (Wildman–Crippen LogP) is 3.72. The van der Waals surface area contributed by atoms with Crippen molar-refractivity contribution in [3.8, 4) is 5.88 Å². The molecular weight excluding hydrogens is 376 g/mol. The van der Waals surface area contributed by atoms with Gasteiger partial charge in [-0.1, -0.05) is 35.9 Å². The molecule has 0 unspecified atom stereocenters. The van der Waals surface area contributed by atoms with E-state index in [4.69, 9.17) is 16.3 Å². The third-order valence-corrected chi connectivity index (χ3v) is 5.73. The highest BCUT2D eigenvalue weighted by molar-refractivity contribution is 6.34. The van der Waals surface area contributed by atoms with Crippen molar-refractivity contribution in [3.63, 3.8) is 0 Å². The van der Waals surface area contributed by atoms with Crippen LogP contribution in [0, 0.1) is 5.92 Å². The number of carbonyl (C=O) groups is 1. The zero-order chi connectivity index (χ0) is 19.7. The number of benzene rings is 1. The number of amides is 1. The first kappa shape index (κ1) is 19.0. The second-order valence-corrected chi connectivity index (χ2v) is 8.14. The molecule has 1 aliphatic heterocycles. The third-order valence-electron chi connectivity index (χ3n) is 5.40. The van der Waals surface area contributed by atoms with Crippen LogP contribution in [0.15, 0.2) is 30.6 Å². The average Bonchev–Trinajstić information content (AvgIpc) is 3.45. The average molecular weight is 401 g/mol. The summed E-state index contributed by atoms with van der Waals surface area (Å²) in [5.41, 5.74) is 2.39. The summed E-state index contributed by atoms with van der Waals surface area (Å²) in [4.78, 5) is 21.9. The molecule has 0 spiro atoms. The van der Waals surface area contributed by atoms with Gasteiger partial charge in [-0.2, -0.15) is 0 Å². The normalized spacial score (nSPS) is 17.8. The van der Waals surface area contributed by atoms with Crippen LogP contribution >= 0.6 is 11.6 Å². The van der Waals surface area contributed by atoms with Gasteiger partial charge in [0.15, 0.2) is 5.82 Å². The highest BCUT2D eigenvalue weighted by Gasteiger charge is 2.32. The first-order chi connectivity index (χ1) is 13.5. The van der Waals surface area contributed by atoms with Crippen LogP contribution in [-0.4, -0.2) is 35.6 Å². The minimum Gasteiger partial charge on any atom is -0.476 e. The van der Waals surface area contributed by atoms with Crippen LogP contribution in [0.2, 0.25) is 5.02 Å². The Hall–Kier alpha value is -2.34. The molecule has 2 aromatic rings. The number of nitrogens with one attached hydrogen (secondary N) is 1. The maximum Gasteiger partial charge on any atom is 0.237 e. The lowest BCUT2D eigenvalue weighted by Crippen LogP contribution is -2.45. The fraction of sp³-hybridized carbons (Fsp3) is 0.476. The van der Waals surface area contributed by atoms with E-state index in [0.29, 0.717) is 29.3 Å². The maximum absolute atomic E-state index is 11.2. The summed E-state index contributed by atoms with van der Waals surface area (Å²) in [6.45, 7) is 5.93. The summed E-state index contributed by atoms with van der Waals surface area (Å²) in [7, 11) is 0. The van der Waals surface area contributed by atoms with Crippen LogP contribution < -0.4 is 15.0 Å². The molecule has 2 fully saturated rings. The Morgan fingerprint density at radius 3 is 2.64 bits per heavy atom. The van der Waals surface area contributed by atoms with Crippen molar-refractivity contribution >= 4 is 23.3 Å². The van der Waals surface area contributed by atoms with Crippen molar-refractivity contribution in [2.75, 3.05) is 24.6 Å². The summed E-state index contributed by atoms with van der Waals surface area (Å²) >= 11 is 6.48. The Balaban J connectivity index is 1.36. The van der Waals surface area contributed by atoms with Gasteiger partial charge in [-0.15, -0.1) is 0 Å². The second kappa shape index (κ2) is 7.95. The van der Waals surface area contributed by atoms with E-state index in [1.807, 2.05) is 6.92 Å². The van der Waals surface area contributed by atoms with E-state index in [1.54, 1.807) is 0 Å². The van der Waals surface area contributed by atoms with Gasteiger partial charge in [-0.3, -0.25) is 4.79 Å². The van der Waals surface area contributed by atoms with Gasteiger partial charge in [0.1, 0.15) is 11.3 Å². The Morgan fingerprint density at radius 1 is 1.29 bits per heavy atom. The fourth-order valence-corrected chi connectivity index (χ4v) is 3.73.